The molecule has 0 aliphatic rings. The highest BCUT2D eigenvalue weighted by molar-refractivity contribution is 5.78. The van der Waals surface area contributed by atoms with Crippen molar-refractivity contribution in [2.45, 2.75) is 39.7 Å². The molecule has 1 heterocycles. The molecule has 1 aromatic rings. The number of nitrogens with one attached hydrogen (secondary N) is 1. The minimum absolute atomic E-state index is 0.00657. The summed E-state index contributed by atoms with van der Waals surface area (Å²) in [5.41, 5.74) is 7.53. The molecule has 1 aromatic heterocycles. The summed E-state index contributed by atoms with van der Waals surface area (Å²) in [6, 6.07) is 3.89. The molecule has 1 amide bonds. The zero-order valence-corrected chi connectivity index (χ0v) is 11.4. The molecule has 0 aromatic carbocycles. The summed E-state index contributed by atoms with van der Waals surface area (Å²) in [6.45, 7) is 6.69. The van der Waals surface area contributed by atoms with Gasteiger partial charge in [-0.1, -0.05) is 19.9 Å². The summed E-state index contributed by atoms with van der Waals surface area (Å²) in [5, 5.41) is 2.97. The SMILES string of the molecule is Cc1cccnc1CC(=O)NC(CN)CC(C)C. The van der Waals surface area contributed by atoms with Gasteiger partial charge in [-0.15, -0.1) is 0 Å². The van der Waals surface area contributed by atoms with Crippen LogP contribution in [0.1, 0.15) is 31.5 Å². The van der Waals surface area contributed by atoms with Crippen LogP contribution in [-0.4, -0.2) is 23.5 Å². The van der Waals surface area contributed by atoms with Gasteiger partial charge in [-0.05, 0) is 30.9 Å². The standard InChI is InChI=1S/C14H23N3O/c1-10(2)7-12(9-15)17-14(18)8-13-11(3)5-4-6-16-13/h4-6,10,12H,7-9,15H2,1-3H3,(H,17,18). The number of hydrogen-bond acceptors (Lipinski definition) is 3. The van der Waals surface area contributed by atoms with E-state index in [4.69, 9.17) is 5.73 Å². The second-order valence-electron chi connectivity index (χ2n) is 5.07. The van der Waals surface area contributed by atoms with Gasteiger partial charge in [-0.3, -0.25) is 9.78 Å². The third-order valence-electron chi connectivity index (χ3n) is 2.85. The first-order chi connectivity index (χ1) is 8.52. The van der Waals surface area contributed by atoms with Crippen molar-refractivity contribution in [2.24, 2.45) is 11.7 Å². The summed E-state index contributed by atoms with van der Waals surface area (Å²) < 4.78 is 0. The van der Waals surface area contributed by atoms with Crippen molar-refractivity contribution in [1.82, 2.24) is 10.3 Å². The van der Waals surface area contributed by atoms with Crippen molar-refractivity contribution in [3.63, 3.8) is 0 Å². The maximum absolute atomic E-state index is 11.9. The van der Waals surface area contributed by atoms with E-state index in [1.165, 1.54) is 0 Å². The Morgan fingerprint density at radius 2 is 2.22 bits per heavy atom. The number of aryl methyl sites for hydroxylation is 1. The van der Waals surface area contributed by atoms with Crippen LogP contribution in [0.5, 0.6) is 0 Å². The molecule has 0 fully saturated rings. The van der Waals surface area contributed by atoms with E-state index in [-0.39, 0.29) is 11.9 Å². The van der Waals surface area contributed by atoms with Crippen molar-refractivity contribution < 1.29 is 4.79 Å². The lowest BCUT2D eigenvalue weighted by Gasteiger charge is -2.18. The molecule has 0 spiro atoms. The Labute approximate surface area is 109 Å². The van der Waals surface area contributed by atoms with Crippen LogP contribution in [0.25, 0.3) is 0 Å². The van der Waals surface area contributed by atoms with Crippen LogP contribution in [0.15, 0.2) is 18.3 Å². The van der Waals surface area contributed by atoms with E-state index in [1.807, 2.05) is 19.1 Å². The number of aromatic nitrogens is 1. The predicted octanol–water partition coefficient (Wildman–Crippen LogP) is 1.42. The fourth-order valence-corrected chi connectivity index (χ4v) is 1.92. The Morgan fingerprint density at radius 1 is 1.50 bits per heavy atom. The Morgan fingerprint density at radius 3 is 2.78 bits per heavy atom. The van der Waals surface area contributed by atoms with Crippen molar-refractivity contribution in [3.05, 3.63) is 29.6 Å². The van der Waals surface area contributed by atoms with E-state index < -0.39 is 0 Å². The van der Waals surface area contributed by atoms with Crippen molar-refractivity contribution in [3.8, 4) is 0 Å². The maximum atomic E-state index is 11.9. The highest BCUT2D eigenvalue weighted by atomic mass is 16.1. The lowest BCUT2D eigenvalue weighted by atomic mass is 10.0. The Bertz CT molecular complexity index is 390. The van der Waals surface area contributed by atoms with Crippen molar-refractivity contribution >= 4 is 5.91 Å². The average molecular weight is 249 g/mol. The highest BCUT2D eigenvalue weighted by Gasteiger charge is 2.13. The number of amides is 1. The minimum atomic E-state index is -0.00657. The van der Waals surface area contributed by atoms with E-state index in [0.29, 0.717) is 18.9 Å². The second-order valence-corrected chi connectivity index (χ2v) is 5.07. The molecule has 4 heteroatoms. The van der Waals surface area contributed by atoms with Gasteiger partial charge in [-0.2, -0.15) is 0 Å². The molecule has 3 N–H and O–H groups in total. The summed E-state index contributed by atoms with van der Waals surface area (Å²) in [5.74, 6) is 0.517. The molecule has 0 saturated heterocycles. The maximum Gasteiger partial charge on any atom is 0.226 e. The molecule has 18 heavy (non-hydrogen) atoms. The number of carbonyl (C=O) groups excluding carboxylic acids is 1. The van der Waals surface area contributed by atoms with E-state index >= 15 is 0 Å². The number of rotatable bonds is 6. The molecule has 1 rings (SSSR count). The summed E-state index contributed by atoms with van der Waals surface area (Å²) >= 11 is 0. The van der Waals surface area contributed by atoms with Crippen LogP contribution >= 0.6 is 0 Å². The Balaban J connectivity index is 2.53. The quantitative estimate of drug-likeness (QED) is 0.801. The van der Waals surface area contributed by atoms with Gasteiger partial charge < -0.3 is 11.1 Å². The van der Waals surface area contributed by atoms with Gasteiger partial charge in [0.1, 0.15) is 0 Å². The molecule has 4 nitrogen and oxygen atoms in total. The van der Waals surface area contributed by atoms with Gasteiger partial charge in [0, 0.05) is 18.8 Å². The Kier molecular flexibility index (Phi) is 5.78. The summed E-state index contributed by atoms with van der Waals surface area (Å²) in [6.07, 6.45) is 2.94. The zero-order chi connectivity index (χ0) is 13.5. The van der Waals surface area contributed by atoms with Gasteiger partial charge in [0.2, 0.25) is 5.91 Å². The lowest BCUT2D eigenvalue weighted by molar-refractivity contribution is -0.121. The molecule has 0 aliphatic heterocycles. The van der Waals surface area contributed by atoms with Crippen molar-refractivity contribution in [1.29, 1.82) is 0 Å². The number of pyridine rings is 1. The van der Waals surface area contributed by atoms with Crippen LogP contribution < -0.4 is 11.1 Å². The fraction of sp³-hybridized carbons (Fsp3) is 0.571. The first-order valence-electron chi connectivity index (χ1n) is 6.42. The van der Waals surface area contributed by atoms with Crippen LogP contribution in [0.4, 0.5) is 0 Å². The smallest absolute Gasteiger partial charge is 0.226 e. The van der Waals surface area contributed by atoms with E-state index in [2.05, 4.69) is 24.1 Å². The summed E-state index contributed by atoms with van der Waals surface area (Å²) in [4.78, 5) is 16.1. The topological polar surface area (TPSA) is 68.0 Å². The van der Waals surface area contributed by atoms with Crippen LogP contribution in [0.3, 0.4) is 0 Å². The molecular weight excluding hydrogens is 226 g/mol. The van der Waals surface area contributed by atoms with Gasteiger partial charge in [0.15, 0.2) is 0 Å². The second kappa shape index (κ2) is 7.11. The van der Waals surface area contributed by atoms with E-state index in [1.54, 1.807) is 6.20 Å². The molecule has 0 saturated carbocycles. The monoisotopic (exact) mass is 249 g/mol. The number of hydrogen-bond donors (Lipinski definition) is 2. The average Bonchev–Trinajstić information content (AvgIpc) is 2.30. The van der Waals surface area contributed by atoms with Gasteiger partial charge in [-0.25, -0.2) is 0 Å². The third kappa shape index (κ3) is 4.84. The molecule has 100 valence electrons. The molecule has 0 bridgehead atoms. The third-order valence-corrected chi connectivity index (χ3v) is 2.85. The first-order valence-corrected chi connectivity index (χ1v) is 6.42. The molecule has 1 unspecified atom stereocenters. The van der Waals surface area contributed by atoms with Crippen LogP contribution in [-0.2, 0) is 11.2 Å². The van der Waals surface area contributed by atoms with Gasteiger partial charge >= 0.3 is 0 Å². The first kappa shape index (κ1) is 14.6. The summed E-state index contributed by atoms with van der Waals surface area (Å²) in [7, 11) is 0. The predicted molar refractivity (Wildman–Crippen MR) is 73.1 cm³/mol. The molecule has 0 aliphatic carbocycles. The largest absolute Gasteiger partial charge is 0.352 e. The minimum Gasteiger partial charge on any atom is -0.352 e. The lowest BCUT2D eigenvalue weighted by Crippen LogP contribution is -2.41. The molecule has 1 atom stereocenters. The fourth-order valence-electron chi connectivity index (χ4n) is 1.92. The van der Waals surface area contributed by atoms with Crippen LogP contribution in [0.2, 0.25) is 0 Å². The van der Waals surface area contributed by atoms with E-state index in [9.17, 15) is 4.79 Å². The number of carbonyl (C=O) groups is 1. The number of nitrogens with zero attached hydrogens (tertiary/aromatic N) is 1. The molecule has 0 radical (unpaired) electrons. The van der Waals surface area contributed by atoms with Gasteiger partial charge in [0.05, 0.1) is 12.1 Å². The highest BCUT2D eigenvalue weighted by Crippen LogP contribution is 2.06. The van der Waals surface area contributed by atoms with Crippen molar-refractivity contribution in [2.75, 3.05) is 6.54 Å². The Hall–Kier alpha value is -1.42. The molecular formula is C14H23N3O. The van der Waals surface area contributed by atoms with Gasteiger partial charge in [0.25, 0.3) is 0 Å². The normalized spacial score (nSPS) is 12.5. The van der Waals surface area contributed by atoms with Crippen LogP contribution in [0, 0.1) is 12.8 Å². The number of nitrogens with two attached hydrogens (primary N) is 1. The van der Waals surface area contributed by atoms with E-state index in [0.717, 1.165) is 17.7 Å². The zero-order valence-electron chi connectivity index (χ0n) is 11.4.